The number of fused-ring (bicyclic) bond motifs is 1. The van der Waals surface area contributed by atoms with Gasteiger partial charge in [-0.25, -0.2) is 19.5 Å². The third-order valence-corrected chi connectivity index (χ3v) is 4.19. The second-order valence-corrected chi connectivity index (χ2v) is 5.74. The molecule has 1 fully saturated rings. The minimum absolute atomic E-state index is 0.0119. The molecule has 4 rings (SSSR count). The number of aromatic nitrogens is 5. The second kappa shape index (κ2) is 6.34. The highest BCUT2D eigenvalue weighted by Crippen LogP contribution is 2.25. The van der Waals surface area contributed by atoms with Crippen LogP contribution in [0.5, 0.6) is 5.88 Å². The maximum Gasteiger partial charge on any atom is 0.257 e. The fourth-order valence-electron chi connectivity index (χ4n) is 3.00. The number of nitrogens with one attached hydrogen (secondary N) is 1. The van der Waals surface area contributed by atoms with Crippen molar-refractivity contribution in [1.82, 2.24) is 29.9 Å². The molecule has 1 amide bonds. The molecule has 1 atom stereocenters. The number of methoxy groups -OCH3 is 1. The highest BCUT2D eigenvalue weighted by atomic mass is 16.5. The minimum atomic E-state index is -0.174. The number of rotatable bonds is 4. The summed E-state index contributed by atoms with van der Waals surface area (Å²) >= 11 is 0. The van der Waals surface area contributed by atoms with Gasteiger partial charge in [-0.15, -0.1) is 0 Å². The van der Waals surface area contributed by atoms with Crippen LogP contribution in [0.15, 0.2) is 37.1 Å². The molecule has 4 heterocycles. The Kier molecular flexibility index (Phi) is 3.88. The predicted molar refractivity (Wildman–Crippen MR) is 89.7 cm³/mol. The van der Waals surface area contributed by atoms with Crippen molar-refractivity contribution in [2.45, 2.75) is 12.5 Å². The molecule has 1 unspecified atom stereocenters. The molecule has 0 spiro atoms. The van der Waals surface area contributed by atoms with E-state index in [1.165, 1.54) is 6.20 Å². The molecule has 9 nitrogen and oxygen atoms in total. The molecule has 0 bridgehead atoms. The van der Waals surface area contributed by atoms with Crippen molar-refractivity contribution in [3.63, 3.8) is 0 Å². The van der Waals surface area contributed by atoms with Gasteiger partial charge in [0.1, 0.15) is 5.56 Å². The Morgan fingerprint density at radius 3 is 3.04 bits per heavy atom. The van der Waals surface area contributed by atoms with E-state index >= 15 is 0 Å². The number of nitrogens with zero attached hydrogens (tertiary/aromatic N) is 6. The van der Waals surface area contributed by atoms with Gasteiger partial charge in [0.25, 0.3) is 11.8 Å². The van der Waals surface area contributed by atoms with E-state index < -0.39 is 0 Å². The third-order valence-electron chi connectivity index (χ3n) is 4.19. The van der Waals surface area contributed by atoms with Crippen LogP contribution in [0.25, 0.3) is 5.65 Å². The van der Waals surface area contributed by atoms with E-state index in [1.54, 1.807) is 42.5 Å². The Morgan fingerprint density at radius 1 is 1.28 bits per heavy atom. The van der Waals surface area contributed by atoms with Crippen LogP contribution in [-0.4, -0.2) is 56.7 Å². The number of anilines is 1. The van der Waals surface area contributed by atoms with Gasteiger partial charge in [-0.2, -0.15) is 5.10 Å². The van der Waals surface area contributed by atoms with Crippen molar-refractivity contribution in [3.05, 3.63) is 42.6 Å². The number of carbonyl (C=O) groups is 1. The van der Waals surface area contributed by atoms with Gasteiger partial charge in [0, 0.05) is 43.9 Å². The molecule has 1 aliphatic heterocycles. The largest absolute Gasteiger partial charge is 0.478 e. The monoisotopic (exact) mass is 339 g/mol. The Labute approximate surface area is 143 Å². The molecule has 25 heavy (non-hydrogen) atoms. The van der Waals surface area contributed by atoms with Gasteiger partial charge in [0.2, 0.25) is 0 Å². The number of amides is 1. The van der Waals surface area contributed by atoms with Gasteiger partial charge in [-0.3, -0.25) is 4.79 Å². The molecule has 9 heteroatoms. The normalized spacial score (nSPS) is 17.0. The molecule has 1 aliphatic rings. The zero-order valence-corrected chi connectivity index (χ0v) is 13.7. The van der Waals surface area contributed by atoms with Crippen molar-refractivity contribution in [1.29, 1.82) is 0 Å². The maximum atomic E-state index is 12.6. The summed E-state index contributed by atoms with van der Waals surface area (Å²) in [6.07, 6.45) is 8.99. The van der Waals surface area contributed by atoms with Gasteiger partial charge in [0.15, 0.2) is 11.5 Å². The highest BCUT2D eigenvalue weighted by Gasteiger charge is 2.28. The van der Waals surface area contributed by atoms with Crippen LogP contribution in [-0.2, 0) is 0 Å². The fraction of sp³-hybridized carbons (Fsp3) is 0.312. The molecule has 0 radical (unpaired) electrons. The van der Waals surface area contributed by atoms with Gasteiger partial charge < -0.3 is 15.0 Å². The molecule has 3 aromatic rings. The first-order chi connectivity index (χ1) is 12.3. The van der Waals surface area contributed by atoms with E-state index in [-0.39, 0.29) is 11.9 Å². The van der Waals surface area contributed by atoms with Gasteiger partial charge in [-0.1, -0.05) is 0 Å². The molecule has 128 valence electrons. The van der Waals surface area contributed by atoms with Crippen LogP contribution in [0, 0.1) is 0 Å². The van der Waals surface area contributed by atoms with Gasteiger partial charge in [-0.05, 0) is 12.5 Å². The number of carbonyl (C=O) groups excluding carboxylic acids is 1. The smallest absolute Gasteiger partial charge is 0.257 e. The van der Waals surface area contributed by atoms with E-state index in [9.17, 15) is 4.79 Å². The topological polar surface area (TPSA) is 97.5 Å². The SMILES string of the molecule is COc1nccnc1N1CCC(NC(=O)c2cnn3cccnc23)C1. The maximum absolute atomic E-state index is 12.6. The van der Waals surface area contributed by atoms with Crippen LogP contribution in [0.4, 0.5) is 5.82 Å². The van der Waals surface area contributed by atoms with Crippen LogP contribution in [0.3, 0.4) is 0 Å². The fourth-order valence-corrected chi connectivity index (χ4v) is 3.00. The van der Waals surface area contributed by atoms with Crippen molar-refractivity contribution in [3.8, 4) is 5.88 Å². The number of hydrogen-bond donors (Lipinski definition) is 1. The first-order valence-corrected chi connectivity index (χ1v) is 7.95. The standard InChI is InChI=1S/C16H17N7O2/c1-25-16-14(18-5-6-19-16)22-8-3-11(10-22)21-15(24)12-9-20-23-7-2-4-17-13(12)23/h2,4-7,9,11H,3,8,10H2,1H3,(H,21,24). The lowest BCUT2D eigenvalue weighted by molar-refractivity contribution is 0.0942. The predicted octanol–water partition coefficient (Wildman–Crippen LogP) is 0.537. The van der Waals surface area contributed by atoms with Gasteiger partial charge in [0.05, 0.1) is 13.3 Å². The Morgan fingerprint density at radius 2 is 2.16 bits per heavy atom. The summed E-state index contributed by atoms with van der Waals surface area (Å²) < 4.78 is 6.84. The van der Waals surface area contributed by atoms with Crippen LogP contribution < -0.4 is 15.0 Å². The van der Waals surface area contributed by atoms with E-state index in [4.69, 9.17) is 4.74 Å². The zero-order chi connectivity index (χ0) is 17.2. The summed E-state index contributed by atoms with van der Waals surface area (Å²) in [7, 11) is 1.57. The molecule has 1 N–H and O–H groups in total. The third kappa shape index (κ3) is 2.84. The molecule has 3 aromatic heterocycles. The van der Waals surface area contributed by atoms with E-state index in [0.29, 0.717) is 29.5 Å². The second-order valence-electron chi connectivity index (χ2n) is 5.74. The number of ether oxygens (including phenoxy) is 1. The molecule has 0 aliphatic carbocycles. The van der Waals surface area contributed by atoms with Crippen LogP contribution in [0.2, 0.25) is 0 Å². The van der Waals surface area contributed by atoms with Crippen molar-refractivity contribution >= 4 is 17.4 Å². The average molecular weight is 339 g/mol. The average Bonchev–Trinajstić information content (AvgIpc) is 3.28. The zero-order valence-electron chi connectivity index (χ0n) is 13.7. The van der Waals surface area contributed by atoms with Gasteiger partial charge >= 0.3 is 0 Å². The lowest BCUT2D eigenvalue weighted by atomic mass is 10.2. The highest BCUT2D eigenvalue weighted by molar-refractivity contribution is 5.99. The van der Waals surface area contributed by atoms with Crippen molar-refractivity contribution in [2.75, 3.05) is 25.1 Å². The number of hydrogen-bond acceptors (Lipinski definition) is 7. The molecule has 1 saturated heterocycles. The van der Waals surface area contributed by atoms with E-state index in [1.807, 2.05) is 0 Å². The Hall–Kier alpha value is -3.23. The quantitative estimate of drug-likeness (QED) is 0.741. The Balaban J connectivity index is 1.47. The lowest BCUT2D eigenvalue weighted by Crippen LogP contribution is -2.37. The first kappa shape index (κ1) is 15.3. The summed E-state index contributed by atoms with van der Waals surface area (Å²) in [6.45, 7) is 1.42. The van der Waals surface area contributed by atoms with Crippen LogP contribution >= 0.6 is 0 Å². The Bertz CT molecular complexity index is 910. The van der Waals surface area contributed by atoms with Crippen LogP contribution in [0.1, 0.15) is 16.8 Å². The first-order valence-electron chi connectivity index (χ1n) is 7.95. The lowest BCUT2D eigenvalue weighted by Gasteiger charge is -2.19. The molecule has 0 aromatic carbocycles. The molecular weight excluding hydrogens is 322 g/mol. The molecular formula is C16H17N7O2. The molecule has 0 saturated carbocycles. The summed E-state index contributed by atoms with van der Waals surface area (Å²) in [6, 6.07) is 1.78. The van der Waals surface area contributed by atoms with E-state index in [0.717, 1.165) is 13.0 Å². The van der Waals surface area contributed by atoms with Crippen molar-refractivity contribution in [2.24, 2.45) is 0 Å². The summed E-state index contributed by atoms with van der Waals surface area (Å²) in [5.41, 5.74) is 1.02. The summed E-state index contributed by atoms with van der Waals surface area (Å²) in [5, 5.41) is 7.20. The minimum Gasteiger partial charge on any atom is -0.478 e. The summed E-state index contributed by atoms with van der Waals surface area (Å²) in [4.78, 5) is 27.4. The summed E-state index contributed by atoms with van der Waals surface area (Å²) in [5.74, 6) is 1.01. The van der Waals surface area contributed by atoms with E-state index in [2.05, 4.69) is 30.3 Å². The van der Waals surface area contributed by atoms with Crippen molar-refractivity contribution < 1.29 is 9.53 Å².